The molecule has 1 atom stereocenters. The van der Waals surface area contributed by atoms with Gasteiger partial charge in [-0.15, -0.1) is 0 Å². The Hall–Kier alpha value is -1.35. The zero-order chi connectivity index (χ0) is 9.97. The van der Waals surface area contributed by atoms with E-state index >= 15 is 0 Å². The summed E-state index contributed by atoms with van der Waals surface area (Å²) in [5.41, 5.74) is 8.47. The van der Waals surface area contributed by atoms with Crippen molar-refractivity contribution in [1.29, 1.82) is 0 Å². The molecule has 74 valence electrons. The standard InChI is InChI=1S/C11H14N2O/c1-8(14)10-7-6-9-4-2-3-5-11(9)13-12-10/h2-5,10,12-13H,6-7H2,1H3. The topological polar surface area (TPSA) is 41.1 Å². The molecule has 1 aliphatic rings. The number of nitrogens with one attached hydrogen (secondary N) is 2. The fourth-order valence-corrected chi connectivity index (χ4v) is 1.70. The van der Waals surface area contributed by atoms with E-state index in [9.17, 15) is 4.79 Å². The predicted octanol–water partition coefficient (Wildman–Crippen LogP) is 1.51. The second-order valence-electron chi connectivity index (χ2n) is 3.63. The summed E-state index contributed by atoms with van der Waals surface area (Å²) >= 11 is 0. The number of Topliss-reactive ketones (excluding diaryl/α,β-unsaturated/α-hetero) is 1. The van der Waals surface area contributed by atoms with Crippen molar-refractivity contribution in [2.45, 2.75) is 25.8 Å². The number of hydrogen-bond acceptors (Lipinski definition) is 3. The third kappa shape index (κ3) is 1.77. The van der Waals surface area contributed by atoms with Gasteiger partial charge in [0, 0.05) is 0 Å². The van der Waals surface area contributed by atoms with Gasteiger partial charge in [0.05, 0.1) is 11.7 Å². The predicted molar refractivity (Wildman–Crippen MR) is 56.0 cm³/mol. The van der Waals surface area contributed by atoms with E-state index in [4.69, 9.17) is 0 Å². The van der Waals surface area contributed by atoms with Crippen LogP contribution >= 0.6 is 0 Å². The fourth-order valence-electron chi connectivity index (χ4n) is 1.70. The second-order valence-corrected chi connectivity index (χ2v) is 3.63. The molecule has 14 heavy (non-hydrogen) atoms. The molecule has 3 nitrogen and oxygen atoms in total. The molecule has 1 aliphatic heterocycles. The molecule has 2 rings (SSSR count). The molecular formula is C11H14N2O. The Morgan fingerprint density at radius 2 is 2.21 bits per heavy atom. The van der Waals surface area contributed by atoms with Gasteiger partial charge in [-0.05, 0) is 31.4 Å². The van der Waals surface area contributed by atoms with Crippen molar-refractivity contribution in [2.75, 3.05) is 5.43 Å². The highest BCUT2D eigenvalue weighted by atomic mass is 16.1. The van der Waals surface area contributed by atoms with Gasteiger partial charge in [0.2, 0.25) is 0 Å². The van der Waals surface area contributed by atoms with Crippen molar-refractivity contribution in [1.82, 2.24) is 5.43 Å². The molecule has 0 aliphatic carbocycles. The maximum absolute atomic E-state index is 11.2. The Balaban J connectivity index is 2.18. The summed E-state index contributed by atoms with van der Waals surface area (Å²) in [6.45, 7) is 1.62. The number of carbonyl (C=O) groups excluding carboxylic acids is 1. The first-order chi connectivity index (χ1) is 6.77. The monoisotopic (exact) mass is 190 g/mol. The fraction of sp³-hybridized carbons (Fsp3) is 0.364. The van der Waals surface area contributed by atoms with Crippen molar-refractivity contribution in [3.8, 4) is 0 Å². The number of benzene rings is 1. The van der Waals surface area contributed by atoms with Crippen molar-refractivity contribution < 1.29 is 4.79 Å². The van der Waals surface area contributed by atoms with Gasteiger partial charge in [0.1, 0.15) is 5.78 Å². The molecular weight excluding hydrogens is 176 g/mol. The number of para-hydroxylation sites is 1. The minimum Gasteiger partial charge on any atom is -0.321 e. The number of hydrogen-bond donors (Lipinski definition) is 2. The molecule has 0 spiro atoms. The van der Waals surface area contributed by atoms with E-state index in [2.05, 4.69) is 16.9 Å². The summed E-state index contributed by atoms with van der Waals surface area (Å²) in [4.78, 5) is 11.2. The van der Waals surface area contributed by atoms with Gasteiger partial charge in [-0.2, -0.15) is 0 Å². The molecule has 3 heteroatoms. The summed E-state index contributed by atoms with van der Waals surface area (Å²) in [7, 11) is 0. The van der Waals surface area contributed by atoms with Gasteiger partial charge in [0.25, 0.3) is 0 Å². The Morgan fingerprint density at radius 3 is 3.00 bits per heavy atom. The van der Waals surface area contributed by atoms with Crippen LogP contribution < -0.4 is 10.9 Å². The van der Waals surface area contributed by atoms with E-state index in [0.29, 0.717) is 0 Å². The molecule has 1 unspecified atom stereocenters. The zero-order valence-corrected chi connectivity index (χ0v) is 8.21. The summed E-state index contributed by atoms with van der Waals surface area (Å²) in [6, 6.07) is 8.05. The lowest BCUT2D eigenvalue weighted by molar-refractivity contribution is -0.118. The summed E-state index contributed by atoms with van der Waals surface area (Å²) in [5.74, 6) is 0.185. The van der Waals surface area contributed by atoms with E-state index in [1.165, 1.54) is 5.56 Å². The molecule has 0 bridgehead atoms. The number of hydrazine groups is 1. The van der Waals surface area contributed by atoms with Crippen molar-refractivity contribution >= 4 is 11.5 Å². The summed E-state index contributed by atoms with van der Waals surface area (Å²) in [6.07, 6.45) is 1.81. The molecule has 0 fully saturated rings. The van der Waals surface area contributed by atoms with Crippen LogP contribution in [-0.2, 0) is 11.2 Å². The summed E-state index contributed by atoms with van der Waals surface area (Å²) < 4.78 is 0. The van der Waals surface area contributed by atoms with Crippen LogP contribution in [0.5, 0.6) is 0 Å². The molecule has 1 heterocycles. The van der Waals surface area contributed by atoms with Crippen LogP contribution in [0, 0.1) is 0 Å². The van der Waals surface area contributed by atoms with Crippen LogP contribution in [0.1, 0.15) is 18.9 Å². The van der Waals surface area contributed by atoms with Gasteiger partial charge < -0.3 is 5.43 Å². The molecule has 0 amide bonds. The van der Waals surface area contributed by atoms with E-state index in [1.807, 2.05) is 18.2 Å². The molecule has 1 aromatic carbocycles. The highest BCUT2D eigenvalue weighted by Crippen LogP contribution is 2.19. The van der Waals surface area contributed by atoms with E-state index in [0.717, 1.165) is 18.5 Å². The maximum Gasteiger partial charge on any atom is 0.148 e. The Morgan fingerprint density at radius 1 is 1.43 bits per heavy atom. The normalized spacial score (nSPS) is 20.5. The first-order valence-electron chi connectivity index (χ1n) is 4.87. The largest absolute Gasteiger partial charge is 0.321 e. The van der Waals surface area contributed by atoms with Crippen LogP contribution in [0.15, 0.2) is 24.3 Å². The average molecular weight is 190 g/mol. The van der Waals surface area contributed by atoms with E-state index in [-0.39, 0.29) is 11.8 Å². The number of fused-ring (bicyclic) bond motifs is 1. The van der Waals surface area contributed by atoms with Gasteiger partial charge in [-0.25, -0.2) is 5.43 Å². The minimum atomic E-state index is -0.0672. The number of carbonyl (C=O) groups is 1. The van der Waals surface area contributed by atoms with Crippen LogP contribution in [0.2, 0.25) is 0 Å². The SMILES string of the molecule is CC(=O)C1CCc2ccccc2NN1. The van der Waals surface area contributed by atoms with Crippen LogP contribution in [0.3, 0.4) is 0 Å². The van der Waals surface area contributed by atoms with Crippen LogP contribution in [0.4, 0.5) is 5.69 Å². The van der Waals surface area contributed by atoms with Gasteiger partial charge in [0.15, 0.2) is 0 Å². The zero-order valence-electron chi connectivity index (χ0n) is 8.21. The van der Waals surface area contributed by atoms with Crippen molar-refractivity contribution in [2.24, 2.45) is 0 Å². The third-order valence-electron chi connectivity index (χ3n) is 2.59. The molecule has 0 saturated heterocycles. The minimum absolute atomic E-state index is 0.0672. The number of ketones is 1. The Kier molecular flexibility index (Phi) is 2.50. The number of aryl methyl sites for hydroxylation is 1. The first-order valence-corrected chi connectivity index (χ1v) is 4.87. The number of rotatable bonds is 1. The average Bonchev–Trinajstić information content (AvgIpc) is 2.39. The van der Waals surface area contributed by atoms with E-state index < -0.39 is 0 Å². The molecule has 0 saturated carbocycles. The third-order valence-corrected chi connectivity index (χ3v) is 2.59. The lowest BCUT2D eigenvalue weighted by Gasteiger charge is -2.12. The molecule has 1 aromatic rings. The highest BCUT2D eigenvalue weighted by Gasteiger charge is 2.17. The lowest BCUT2D eigenvalue weighted by Crippen LogP contribution is -2.38. The smallest absolute Gasteiger partial charge is 0.148 e. The van der Waals surface area contributed by atoms with Crippen LogP contribution in [-0.4, -0.2) is 11.8 Å². The van der Waals surface area contributed by atoms with Crippen molar-refractivity contribution in [3.05, 3.63) is 29.8 Å². The molecule has 0 radical (unpaired) electrons. The van der Waals surface area contributed by atoms with Gasteiger partial charge in [-0.1, -0.05) is 18.2 Å². The lowest BCUT2D eigenvalue weighted by atomic mass is 10.0. The maximum atomic E-state index is 11.2. The van der Waals surface area contributed by atoms with E-state index in [1.54, 1.807) is 6.92 Å². The molecule has 0 aromatic heterocycles. The second kappa shape index (κ2) is 3.80. The summed E-state index contributed by atoms with van der Waals surface area (Å²) in [5, 5.41) is 0. The quantitative estimate of drug-likeness (QED) is 0.705. The van der Waals surface area contributed by atoms with Crippen molar-refractivity contribution in [3.63, 3.8) is 0 Å². The number of anilines is 1. The van der Waals surface area contributed by atoms with Gasteiger partial charge in [-0.3, -0.25) is 4.79 Å². The van der Waals surface area contributed by atoms with Crippen LogP contribution in [0.25, 0.3) is 0 Å². The first kappa shape index (κ1) is 9.21. The highest BCUT2D eigenvalue weighted by molar-refractivity contribution is 5.81. The Bertz CT molecular complexity index is 322. The van der Waals surface area contributed by atoms with Gasteiger partial charge >= 0.3 is 0 Å². The Labute approximate surface area is 83.5 Å². The molecule has 2 N–H and O–H groups in total.